The van der Waals surface area contributed by atoms with Crippen LogP contribution in [0.4, 0.5) is 18.9 Å². The van der Waals surface area contributed by atoms with E-state index in [1.165, 1.54) is 18.3 Å². The van der Waals surface area contributed by atoms with Crippen molar-refractivity contribution >= 4 is 29.1 Å². The van der Waals surface area contributed by atoms with E-state index >= 15 is 0 Å². The van der Waals surface area contributed by atoms with Crippen LogP contribution in [0.5, 0.6) is 0 Å². The Morgan fingerprint density at radius 1 is 1.31 bits per heavy atom. The van der Waals surface area contributed by atoms with Crippen LogP contribution < -0.4 is 5.32 Å². The monoisotopic (exact) mass is 469 g/mol. The quantitative estimate of drug-likeness (QED) is 0.655. The third kappa shape index (κ3) is 5.49. The number of nitrogens with one attached hydrogen (secondary N) is 1. The number of rotatable bonds is 6. The smallest absolute Gasteiger partial charge is 0.330 e. The maximum absolute atomic E-state index is 13.3. The second-order valence-corrected chi connectivity index (χ2v) is 7.81. The number of hydrogen-bond acceptors (Lipinski definition) is 4. The summed E-state index contributed by atoms with van der Waals surface area (Å²) >= 11 is 5.68. The van der Waals surface area contributed by atoms with Gasteiger partial charge in [0, 0.05) is 30.7 Å². The molecule has 11 heteroatoms. The van der Waals surface area contributed by atoms with Gasteiger partial charge in [-0.2, -0.15) is 13.2 Å². The van der Waals surface area contributed by atoms with E-state index in [9.17, 15) is 22.8 Å². The van der Waals surface area contributed by atoms with Crippen LogP contribution in [0.3, 0.4) is 0 Å². The molecule has 7 nitrogen and oxygen atoms in total. The van der Waals surface area contributed by atoms with Crippen LogP contribution in [-0.2, 0) is 24.1 Å². The molecule has 1 N–H and O–H groups in total. The number of aromatic nitrogens is 2. The molecular weight excluding hydrogens is 447 g/mol. The van der Waals surface area contributed by atoms with Gasteiger partial charge < -0.3 is 19.7 Å². The standard InChI is InChI=1S/C21H23ClF3N5O2/c1-3-28(2)8-4-5-19(31)29-9-10-30-17(12-26-18(30)13-29)20(32)27-16-7-6-14(22)11-15(16)21(23,24)25/h4-7,11-12H,3,8-10,13H2,1-2H3,(H,27,32)/b5-4+. The molecule has 1 aromatic carbocycles. The van der Waals surface area contributed by atoms with Crippen molar-refractivity contribution in [3.63, 3.8) is 0 Å². The Morgan fingerprint density at radius 2 is 2.06 bits per heavy atom. The number of benzene rings is 1. The highest BCUT2D eigenvalue weighted by molar-refractivity contribution is 6.30. The van der Waals surface area contributed by atoms with Crippen LogP contribution in [0.1, 0.15) is 28.8 Å². The van der Waals surface area contributed by atoms with Gasteiger partial charge in [-0.3, -0.25) is 9.59 Å². The lowest BCUT2D eigenvalue weighted by Crippen LogP contribution is -2.38. The van der Waals surface area contributed by atoms with Crippen molar-refractivity contribution in [3.8, 4) is 0 Å². The number of alkyl halides is 3. The highest BCUT2D eigenvalue weighted by atomic mass is 35.5. The molecule has 0 bridgehead atoms. The van der Waals surface area contributed by atoms with E-state index in [0.29, 0.717) is 25.5 Å². The maximum Gasteiger partial charge on any atom is 0.418 e. The Kier molecular flexibility index (Phi) is 7.25. The first-order valence-corrected chi connectivity index (χ1v) is 10.3. The summed E-state index contributed by atoms with van der Waals surface area (Å²) in [6.45, 7) is 4.40. The van der Waals surface area contributed by atoms with Gasteiger partial charge in [-0.1, -0.05) is 24.6 Å². The van der Waals surface area contributed by atoms with Gasteiger partial charge in [-0.15, -0.1) is 0 Å². The summed E-state index contributed by atoms with van der Waals surface area (Å²) in [5.74, 6) is -0.398. The summed E-state index contributed by atoms with van der Waals surface area (Å²) in [5, 5.41) is 2.21. The Bertz CT molecular complexity index is 1030. The molecule has 0 atom stereocenters. The first-order chi connectivity index (χ1) is 15.1. The number of halogens is 4. The predicted octanol–water partition coefficient (Wildman–Crippen LogP) is 3.66. The highest BCUT2D eigenvalue weighted by Gasteiger charge is 2.34. The average molecular weight is 470 g/mol. The van der Waals surface area contributed by atoms with Crippen molar-refractivity contribution in [3.05, 3.63) is 58.7 Å². The first kappa shape index (κ1) is 23.8. The number of anilines is 1. The minimum atomic E-state index is -4.68. The zero-order valence-corrected chi connectivity index (χ0v) is 18.4. The van der Waals surface area contributed by atoms with Gasteiger partial charge in [-0.05, 0) is 31.8 Å². The molecule has 2 aromatic rings. The van der Waals surface area contributed by atoms with Gasteiger partial charge in [-0.25, -0.2) is 4.98 Å². The van der Waals surface area contributed by atoms with Crippen molar-refractivity contribution < 1.29 is 22.8 Å². The van der Waals surface area contributed by atoms with E-state index in [-0.39, 0.29) is 23.2 Å². The summed E-state index contributed by atoms with van der Waals surface area (Å²) in [6.07, 6.45) is -0.0771. The van der Waals surface area contributed by atoms with Crippen molar-refractivity contribution in [2.45, 2.75) is 26.2 Å². The second-order valence-electron chi connectivity index (χ2n) is 7.37. The lowest BCUT2D eigenvalue weighted by atomic mass is 10.1. The van der Waals surface area contributed by atoms with Crippen molar-refractivity contribution in [2.75, 3.05) is 32.0 Å². The highest BCUT2D eigenvalue weighted by Crippen LogP contribution is 2.36. The molecule has 2 amide bonds. The fraction of sp³-hybridized carbons (Fsp3) is 0.381. The van der Waals surface area contributed by atoms with Crippen molar-refractivity contribution in [2.24, 2.45) is 0 Å². The van der Waals surface area contributed by atoms with Crippen LogP contribution in [0.15, 0.2) is 36.5 Å². The molecule has 2 heterocycles. The largest absolute Gasteiger partial charge is 0.418 e. The van der Waals surface area contributed by atoms with Crippen LogP contribution in [0.2, 0.25) is 5.02 Å². The number of likely N-dealkylation sites (N-methyl/N-ethyl adjacent to an activating group) is 1. The number of fused-ring (bicyclic) bond motifs is 1. The lowest BCUT2D eigenvalue weighted by molar-refractivity contribution is -0.137. The van der Waals surface area contributed by atoms with E-state index in [1.807, 2.05) is 18.9 Å². The van der Waals surface area contributed by atoms with E-state index in [2.05, 4.69) is 10.3 Å². The molecule has 0 aliphatic carbocycles. The second kappa shape index (κ2) is 9.74. The molecule has 3 rings (SSSR count). The summed E-state index contributed by atoms with van der Waals surface area (Å²) in [5.41, 5.74) is -1.30. The normalized spacial score (nSPS) is 14.2. The third-order valence-electron chi connectivity index (χ3n) is 5.16. The molecule has 0 radical (unpaired) electrons. The van der Waals surface area contributed by atoms with Gasteiger partial charge >= 0.3 is 6.18 Å². The Labute approximate surface area is 188 Å². The molecule has 0 unspecified atom stereocenters. The van der Waals surface area contributed by atoms with Crippen LogP contribution in [0, 0.1) is 0 Å². The van der Waals surface area contributed by atoms with Gasteiger partial charge in [0.2, 0.25) is 5.91 Å². The molecule has 1 aliphatic rings. The molecule has 1 aliphatic heterocycles. The SMILES string of the molecule is CCN(C)C/C=C/C(=O)N1CCn2c(C(=O)Nc3ccc(Cl)cc3C(F)(F)F)cnc2C1. The van der Waals surface area contributed by atoms with E-state index in [0.717, 1.165) is 18.7 Å². The topological polar surface area (TPSA) is 70.5 Å². The van der Waals surface area contributed by atoms with Crippen LogP contribution in [-0.4, -0.2) is 57.8 Å². The third-order valence-corrected chi connectivity index (χ3v) is 5.40. The molecule has 0 saturated heterocycles. The fourth-order valence-electron chi connectivity index (χ4n) is 3.24. The average Bonchev–Trinajstić information content (AvgIpc) is 3.17. The van der Waals surface area contributed by atoms with Crippen LogP contribution >= 0.6 is 11.6 Å². The molecule has 1 aromatic heterocycles. The molecule has 0 fully saturated rings. The number of hydrogen-bond donors (Lipinski definition) is 1. The summed E-state index contributed by atoms with van der Waals surface area (Å²) in [6, 6.07) is 3.14. The van der Waals surface area contributed by atoms with Crippen molar-refractivity contribution in [1.29, 1.82) is 0 Å². The maximum atomic E-state index is 13.3. The number of imidazole rings is 1. The molecule has 172 valence electrons. The summed E-state index contributed by atoms with van der Waals surface area (Å²) in [7, 11) is 1.95. The number of carbonyl (C=O) groups is 2. The Balaban J connectivity index is 1.71. The van der Waals surface area contributed by atoms with Gasteiger partial charge in [0.25, 0.3) is 5.91 Å². The van der Waals surface area contributed by atoms with E-state index in [1.54, 1.807) is 15.5 Å². The van der Waals surface area contributed by atoms with E-state index < -0.39 is 23.3 Å². The van der Waals surface area contributed by atoms with E-state index in [4.69, 9.17) is 11.6 Å². The number of amides is 2. The van der Waals surface area contributed by atoms with Gasteiger partial charge in [0.15, 0.2) is 0 Å². The lowest BCUT2D eigenvalue weighted by Gasteiger charge is -2.27. The zero-order valence-electron chi connectivity index (χ0n) is 17.6. The fourth-order valence-corrected chi connectivity index (χ4v) is 3.42. The minimum Gasteiger partial charge on any atom is -0.330 e. The molecule has 0 saturated carbocycles. The van der Waals surface area contributed by atoms with Crippen molar-refractivity contribution in [1.82, 2.24) is 19.4 Å². The predicted molar refractivity (Wildman–Crippen MR) is 114 cm³/mol. The molecule has 0 spiro atoms. The molecular formula is C21H23ClF3N5O2. The minimum absolute atomic E-state index is 0.0859. The number of nitrogens with zero attached hydrogens (tertiary/aromatic N) is 4. The Hall–Kier alpha value is -2.85. The summed E-state index contributed by atoms with van der Waals surface area (Å²) in [4.78, 5) is 32.9. The summed E-state index contributed by atoms with van der Waals surface area (Å²) < 4.78 is 41.5. The Morgan fingerprint density at radius 3 is 2.75 bits per heavy atom. The van der Waals surface area contributed by atoms with Gasteiger partial charge in [0.05, 0.1) is 24.0 Å². The van der Waals surface area contributed by atoms with Crippen LogP contribution in [0.25, 0.3) is 0 Å². The molecule has 32 heavy (non-hydrogen) atoms. The first-order valence-electron chi connectivity index (χ1n) is 9.96. The number of carbonyl (C=O) groups excluding carboxylic acids is 2. The van der Waals surface area contributed by atoms with Gasteiger partial charge in [0.1, 0.15) is 11.5 Å². The zero-order chi connectivity index (χ0) is 23.5.